The van der Waals surface area contributed by atoms with E-state index in [9.17, 15) is 9.50 Å². The maximum atomic E-state index is 12.8. The van der Waals surface area contributed by atoms with E-state index in [2.05, 4.69) is 20.8 Å². The van der Waals surface area contributed by atoms with Gasteiger partial charge in [-0.15, -0.1) is 0 Å². The van der Waals surface area contributed by atoms with Gasteiger partial charge >= 0.3 is 0 Å². The van der Waals surface area contributed by atoms with Crippen LogP contribution in [0.2, 0.25) is 5.02 Å². The molecule has 0 radical (unpaired) electrons. The molecule has 90 valence electrons. The smallest absolute Gasteiger partial charge is 0.124 e. The Morgan fingerprint density at radius 1 is 1.38 bits per heavy atom. The first kappa shape index (κ1) is 13.5. The van der Waals surface area contributed by atoms with Crippen LogP contribution in [0.1, 0.15) is 45.3 Å². The van der Waals surface area contributed by atoms with Gasteiger partial charge in [0.15, 0.2) is 0 Å². The van der Waals surface area contributed by atoms with Crippen molar-refractivity contribution in [3.63, 3.8) is 0 Å². The highest BCUT2D eigenvalue weighted by atomic mass is 35.5. The van der Waals surface area contributed by atoms with Crippen molar-refractivity contribution in [2.45, 2.75) is 39.7 Å². The van der Waals surface area contributed by atoms with Crippen LogP contribution in [0.4, 0.5) is 4.39 Å². The van der Waals surface area contributed by atoms with Crippen molar-refractivity contribution in [1.29, 1.82) is 0 Å². The lowest BCUT2D eigenvalue weighted by Crippen LogP contribution is -2.08. The molecule has 1 nitrogen and oxygen atoms in total. The molecular weight excluding hydrogens is 227 g/mol. The van der Waals surface area contributed by atoms with Crippen LogP contribution in [-0.4, -0.2) is 5.11 Å². The summed E-state index contributed by atoms with van der Waals surface area (Å²) in [5.41, 5.74) is 0.778. The van der Waals surface area contributed by atoms with Crippen molar-refractivity contribution in [2.24, 2.45) is 5.41 Å². The van der Waals surface area contributed by atoms with Gasteiger partial charge in [0.05, 0.1) is 6.10 Å². The van der Waals surface area contributed by atoms with Crippen molar-refractivity contribution in [1.82, 2.24) is 0 Å². The quantitative estimate of drug-likeness (QED) is 0.839. The zero-order valence-corrected chi connectivity index (χ0v) is 10.7. The van der Waals surface area contributed by atoms with E-state index in [0.717, 1.165) is 6.42 Å². The Kier molecular flexibility index (Phi) is 4.34. The van der Waals surface area contributed by atoms with E-state index in [1.807, 2.05) is 0 Å². The molecular formula is C13H18ClFO. The maximum Gasteiger partial charge on any atom is 0.124 e. The van der Waals surface area contributed by atoms with Crippen molar-refractivity contribution in [2.75, 3.05) is 0 Å². The Morgan fingerprint density at radius 3 is 2.50 bits per heavy atom. The summed E-state index contributed by atoms with van der Waals surface area (Å²) in [4.78, 5) is 0. The highest BCUT2D eigenvalue weighted by Gasteiger charge is 2.16. The van der Waals surface area contributed by atoms with Gasteiger partial charge in [0.2, 0.25) is 0 Å². The van der Waals surface area contributed by atoms with E-state index in [4.69, 9.17) is 11.6 Å². The third-order valence-electron chi connectivity index (χ3n) is 2.49. The van der Waals surface area contributed by atoms with Crippen LogP contribution in [0.5, 0.6) is 0 Å². The molecule has 1 rings (SSSR count). The molecule has 16 heavy (non-hydrogen) atoms. The van der Waals surface area contributed by atoms with Crippen LogP contribution in [-0.2, 0) is 0 Å². The predicted octanol–water partition coefficient (Wildman–Crippen LogP) is 4.34. The van der Waals surface area contributed by atoms with E-state index in [0.29, 0.717) is 17.0 Å². The molecule has 0 aromatic heterocycles. The second-order valence-corrected chi connectivity index (χ2v) is 5.69. The van der Waals surface area contributed by atoms with Gasteiger partial charge < -0.3 is 5.11 Å². The third-order valence-corrected chi connectivity index (χ3v) is 2.82. The standard InChI is InChI=1S/C13H18ClFO/c1-13(2,3)7-6-12(16)10-5-4-9(15)8-11(10)14/h4-5,8,12,16H,6-7H2,1-3H3. The molecule has 0 bridgehead atoms. The fourth-order valence-electron chi connectivity index (χ4n) is 1.50. The van der Waals surface area contributed by atoms with E-state index >= 15 is 0 Å². The van der Waals surface area contributed by atoms with E-state index in [1.165, 1.54) is 12.1 Å². The molecule has 0 saturated heterocycles. The molecule has 1 unspecified atom stereocenters. The molecule has 0 saturated carbocycles. The van der Waals surface area contributed by atoms with Crippen LogP contribution in [0, 0.1) is 11.2 Å². The van der Waals surface area contributed by atoms with Crippen LogP contribution in [0.15, 0.2) is 18.2 Å². The number of halogens is 2. The monoisotopic (exact) mass is 244 g/mol. The van der Waals surface area contributed by atoms with Gasteiger partial charge in [-0.3, -0.25) is 0 Å². The summed E-state index contributed by atoms with van der Waals surface area (Å²) < 4.78 is 12.8. The van der Waals surface area contributed by atoms with Crippen LogP contribution in [0.25, 0.3) is 0 Å². The average molecular weight is 245 g/mol. The molecule has 1 aromatic rings. The topological polar surface area (TPSA) is 20.2 Å². The third kappa shape index (κ3) is 4.11. The highest BCUT2D eigenvalue weighted by Crippen LogP contribution is 2.30. The Hall–Kier alpha value is -0.600. The van der Waals surface area contributed by atoms with Crippen molar-refractivity contribution < 1.29 is 9.50 Å². The molecule has 0 aliphatic rings. The summed E-state index contributed by atoms with van der Waals surface area (Å²) >= 11 is 5.87. The molecule has 0 amide bonds. The zero-order valence-electron chi connectivity index (χ0n) is 9.93. The van der Waals surface area contributed by atoms with Crippen LogP contribution < -0.4 is 0 Å². The Bertz CT molecular complexity index is 357. The van der Waals surface area contributed by atoms with Gasteiger partial charge in [0.25, 0.3) is 0 Å². The van der Waals surface area contributed by atoms with E-state index < -0.39 is 6.10 Å². The van der Waals surface area contributed by atoms with Gasteiger partial charge in [-0.1, -0.05) is 38.4 Å². The second-order valence-electron chi connectivity index (χ2n) is 5.28. The number of rotatable bonds is 3. The molecule has 1 aromatic carbocycles. The summed E-state index contributed by atoms with van der Waals surface area (Å²) in [6, 6.07) is 4.10. The molecule has 0 spiro atoms. The number of aliphatic hydroxyl groups is 1. The molecule has 0 aliphatic heterocycles. The molecule has 1 N–H and O–H groups in total. The van der Waals surface area contributed by atoms with Crippen LogP contribution in [0.3, 0.4) is 0 Å². The lowest BCUT2D eigenvalue weighted by Gasteiger charge is -2.21. The fourth-order valence-corrected chi connectivity index (χ4v) is 1.79. The normalized spacial score (nSPS) is 13.9. The predicted molar refractivity (Wildman–Crippen MR) is 65.1 cm³/mol. The summed E-state index contributed by atoms with van der Waals surface area (Å²) in [5, 5.41) is 10.2. The Labute approximate surface area is 101 Å². The highest BCUT2D eigenvalue weighted by molar-refractivity contribution is 6.31. The number of aliphatic hydroxyl groups excluding tert-OH is 1. The minimum Gasteiger partial charge on any atom is -0.388 e. The van der Waals surface area contributed by atoms with Crippen molar-refractivity contribution >= 4 is 11.6 Å². The lowest BCUT2D eigenvalue weighted by molar-refractivity contribution is 0.147. The summed E-state index contributed by atoms with van der Waals surface area (Å²) in [6.45, 7) is 6.35. The first-order valence-corrected chi connectivity index (χ1v) is 5.80. The van der Waals surface area contributed by atoms with Crippen molar-refractivity contribution in [3.05, 3.63) is 34.6 Å². The summed E-state index contributed by atoms with van der Waals surface area (Å²) in [5.74, 6) is -0.378. The van der Waals surface area contributed by atoms with E-state index in [-0.39, 0.29) is 11.2 Å². The van der Waals surface area contributed by atoms with Crippen LogP contribution >= 0.6 is 11.6 Å². The largest absolute Gasteiger partial charge is 0.388 e. The van der Waals surface area contributed by atoms with Gasteiger partial charge in [0.1, 0.15) is 5.82 Å². The zero-order chi connectivity index (χ0) is 12.3. The molecule has 3 heteroatoms. The maximum absolute atomic E-state index is 12.8. The number of benzene rings is 1. The molecule has 1 atom stereocenters. The number of hydrogen-bond acceptors (Lipinski definition) is 1. The average Bonchev–Trinajstić information content (AvgIpc) is 2.13. The molecule has 0 heterocycles. The minimum absolute atomic E-state index is 0.174. The summed E-state index contributed by atoms with van der Waals surface area (Å²) in [7, 11) is 0. The molecule has 0 aliphatic carbocycles. The first-order chi connectivity index (χ1) is 7.29. The van der Waals surface area contributed by atoms with E-state index in [1.54, 1.807) is 6.07 Å². The SMILES string of the molecule is CC(C)(C)CCC(O)c1ccc(F)cc1Cl. The second kappa shape index (κ2) is 5.15. The summed E-state index contributed by atoms with van der Waals surface area (Å²) in [6.07, 6.45) is 0.906. The van der Waals surface area contributed by atoms with Gasteiger partial charge in [-0.2, -0.15) is 0 Å². The van der Waals surface area contributed by atoms with Gasteiger partial charge in [-0.05, 0) is 36.0 Å². The first-order valence-electron chi connectivity index (χ1n) is 5.42. The fraction of sp³-hybridized carbons (Fsp3) is 0.538. The lowest BCUT2D eigenvalue weighted by atomic mass is 9.88. The number of hydrogen-bond donors (Lipinski definition) is 1. The Balaban J connectivity index is 2.70. The Morgan fingerprint density at radius 2 is 2.00 bits per heavy atom. The van der Waals surface area contributed by atoms with Crippen molar-refractivity contribution in [3.8, 4) is 0 Å². The minimum atomic E-state index is -0.618. The van der Waals surface area contributed by atoms with Gasteiger partial charge in [0, 0.05) is 5.02 Å². The molecule has 0 fully saturated rings. The van der Waals surface area contributed by atoms with Gasteiger partial charge in [-0.25, -0.2) is 4.39 Å².